The lowest BCUT2D eigenvalue weighted by atomic mass is 9.97. The van der Waals surface area contributed by atoms with Crippen LogP contribution in [0.2, 0.25) is 0 Å². The summed E-state index contributed by atoms with van der Waals surface area (Å²) in [5.41, 5.74) is 3.11. The van der Waals surface area contributed by atoms with E-state index in [0.29, 0.717) is 36.0 Å². The molecule has 0 radical (unpaired) electrons. The zero-order valence-electron chi connectivity index (χ0n) is 17.5. The molecule has 0 amide bonds. The molecule has 31 heavy (non-hydrogen) atoms. The molecular weight excluding hydrogens is 392 g/mol. The molecule has 3 aliphatic heterocycles. The molecule has 3 aromatic rings. The van der Waals surface area contributed by atoms with Crippen LogP contribution in [0.5, 0.6) is 11.5 Å². The Balaban J connectivity index is 1.29. The number of aromatic hydroxyl groups is 1. The minimum atomic E-state index is 0.165. The molecule has 3 aliphatic rings. The number of aryl methyl sites for hydroxylation is 1. The molecule has 2 fully saturated rings. The number of hydrogen-bond donors (Lipinski definition) is 2. The van der Waals surface area contributed by atoms with Gasteiger partial charge in [0.1, 0.15) is 18.1 Å². The Morgan fingerprint density at radius 1 is 1.10 bits per heavy atom. The van der Waals surface area contributed by atoms with E-state index in [9.17, 15) is 5.11 Å². The number of phenolic OH excluding ortho intramolecular Hbond substituents is 1. The van der Waals surface area contributed by atoms with Crippen LogP contribution in [0.1, 0.15) is 25.7 Å². The van der Waals surface area contributed by atoms with Gasteiger partial charge in [0.2, 0.25) is 0 Å². The van der Waals surface area contributed by atoms with Crippen molar-refractivity contribution in [1.29, 1.82) is 0 Å². The highest BCUT2D eigenvalue weighted by Gasteiger charge is 2.38. The standard InChI is InChI=1S/C23H26N6O2/c1-28-13-15(12-24-28)14-2-5-19(21(30)8-14)20-11-22-23(27-26-20)29(6-7-31-22)18-9-16-3-4-17(10-18)25-16/h2,5,8,11-13,16-18,25,30H,3-4,6-7,9-10H2,1H3/t16-,17?,18-/m1/s1. The Bertz CT molecular complexity index is 1120. The molecule has 0 aliphatic carbocycles. The Morgan fingerprint density at radius 3 is 2.68 bits per heavy atom. The van der Waals surface area contributed by atoms with Crippen LogP contribution in [0, 0.1) is 0 Å². The Labute approximate surface area is 180 Å². The Hall–Kier alpha value is -3.13. The Morgan fingerprint density at radius 2 is 1.94 bits per heavy atom. The summed E-state index contributed by atoms with van der Waals surface area (Å²) in [6, 6.07) is 9.21. The minimum Gasteiger partial charge on any atom is -0.507 e. The second kappa shape index (κ2) is 7.23. The highest BCUT2D eigenvalue weighted by molar-refractivity contribution is 5.75. The second-order valence-electron chi connectivity index (χ2n) is 8.86. The molecule has 2 N–H and O–H groups in total. The van der Waals surface area contributed by atoms with Gasteiger partial charge in [-0.05, 0) is 43.4 Å². The average Bonchev–Trinajstić information content (AvgIpc) is 3.37. The van der Waals surface area contributed by atoms with Crippen LogP contribution in [0.25, 0.3) is 22.4 Å². The van der Waals surface area contributed by atoms with Crippen molar-refractivity contribution in [1.82, 2.24) is 25.3 Å². The predicted octanol–water partition coefficient (Wildman–Crippen LogP) is 2.73. The lowest BCUT2D eigenvalue weighted by Crippen LogP contribution is -2.50. The van der Waals surface area contributed by atoms with E-state index in [1.54, 1.807) is 16.9 Å². The minimum absolute atomic E-state index is 0.165. The molecule has 0 spiro atoms. The number of benzene rings is 1. The van der Waals surface area contributed by atoms with E-state index in [1.807, 2.05) is 31.4 Å². The first kappa shape index (κ1) is 18.6. The van der Waals surface area contributed by atoms with Crippen LogP contribution in [-0.2, 0) is 7.05 Å². The third kappa shape index (κ3) is 3.31. The van der Waals surface area contributed by atoms with E-state index >= 15 is 0 Å². The van der Waals surface area contributed by atoms with Crippen molar-refractivity contribution in [2.75, 3.05) is 18.1 Å². The topological polar surface area (TPSA) is 88.3 Å². The number of piperidine rings is 1. The number of hydrogen-bond acceptors (Lipinski definition) is 7. The first-order valence-electron chi connectivity index (χ1n) is 11.0. The van der Waals surface area contributed by atoms with E-state index in [-0.39, 0.29) is 5.75 Å². The van der Waals surface area contributed by atoms with E-state index in [4.69, 9.17) is 4.74 Å². The average molecular weight is 419 g/mol. The van der Waals surface area contributed by atoms with Gasteiger partial charge in [-0.1, -0.05) is 6.07 Å². The van der Waals surface area contributed by atoms with Gasteiger partial charge in [-0.3, -0.25) is 4.68 Å². The summed E-state index contributed by atoms with van der Waals surface area (Å²) >= 11 is 0. The molecule has 3 atom stereocenters. The third-order valence-electron chi connectivity index (χ3n) is 6.80. The predicted molar refractivity (Wildman–Crippen MR) is 117 cm³/mol. The van der Waals surface area contributed by atoms with E-state index in [2.05, 4.69) is 25.5 Å². The fourth-order valence-electron chi connectivity index (χ4n) is 5.30. The fourth-order valence-corrected chi connectivity index (χ4v) is 5.30. The van der Waals surface area contributed by atoms with Crippen molar-refractivity contribution in [3.05, 3.63) is 36.7 Å². The van der Waals surface area contributed by atoms with Gasteiger partial charge in [0.05, 0.1) is 12.7 Å². The summed E-state index contributed by atoms with van der Waals surface area (Å²) in [7, 11) is 1.87. The molecule has 2 aromatic heterocycles. The van der Waals surface area contributed by atoms with Crippen molar-refractivity contribution < 1.29 is 9.84 Å². The first-order chi connectivity index (χ1) is 15.1. The third-order valence-corrected chi connectivity index (χ3v) is 6.80. The van der Waals surface area contributed by atoms with Crippen LogP contribution in [0.3, 0.4) is 0 Å². The molecule has 160 valence electrons. The number of nitrogens with one attached hydrogen (secondary N) is 1. The smallest absolute Gasteiger partial charge is 0.194 e. The molecule has 1 aromatic carbocycles. The summed E-state index contributed by atoms with van der Waals surface area (Å²) in [5, 5.41) is 27.6. The second-order valence-corrected chi connectivity index (χ2v) is 8.86. The van der Waals surface area contributed by atoms with Crippen LogP contribution in [-0.4, -0.2) is 56.4 Å². The number of rotatable bonds is 3. The number of fused-ring (bicyclic) bond motifs is 3. The van der Waals surface area contributed by atoms with E-state index in [1.165, 1.54) is 12.8 Å². The molecule has 5 heterocycles. The number of aromatic nitrogens is 4. The normalized spacial score (nSPS) is 24.7. The summed E-state index contributed by atoms with van der Waals surface area (Å²) in [4.78, 5) is 2.38. The molecule has 0 saturated carbocycles. The molecule has 8 nitrogen and oxygen atoms in total. The Kier molecular flexibility index (Phi) is 4.34. The van der Waals surface area contributed by atoms with Crippen LogP contribution < -0.4 is 15.0 Å². The molecule has 1 unspecified atom stereocenters. The molecule has 2 saturated heterocycles. The zero-order valence-corrected chi connectivity index (χ0v) is 17.5. The number of nitrogens with zero attached hydrogens (tertiary/aromatic N) is 5. The maximum Gasteiger partial charge on any atom is 0.194 e. The largest absolute Gasteiger partial charge is 0.507 e. The van der Waals surface area contributed by atoms with Crippen molar-refractivity contribution in [3.63, 3.8) is 0 Å². The van der Waals surface area contributed by atoms with Gasteiger partial charge in [-0.25, -0.2) is 0 Å². The molecule has 8 heteroatoms. The van der Waals surface area contributed by atoms with Crippen LogP contribution >= 0.6 is 0 Å². The van der Waals surface area contributed by atoms with Gasteiger partial charge in [0.15, 0.2) is 11.6 Å². The van der Waals surface area contributed by atoms with Crippen LogP contribution in [0.4, 0.5) is 5.82 Å². The maximum atomic E-state index is 10.7. The monoisotopic (exact) mass is 418 g/mol. The lowest BCUT2D eigenvalue weighted by molar-refractivity contribution is 0.274. The summed E-state index contributed by atoms with van der Waals surface area (Å²) in [5.74, 6) is 1.74. The highest BCUT2D eigenvalue weighted by Crippen LogP contribution is 2.39. The quantitative estimate of drug-likeness (QED) is 0.676. The molecular formula is C23H26N6O2. The van der Waals surface area contributed by atoms with Gasteiger partial charge >= 0.3 is 0 Å². The van der Waals surface area contributed by atoms with Crippen molar-refractivity contribution >= 4 is 5.82 Å². The van der Waals surface area contributed by atoms with Gasteiger partial charge in [0, 0.05) is 48.6 Å². The number of phenols is 1. The van der Waals surface area contributed by atoms with Crippen molar-refractivity contribution in [2.24, 2.45) is 7.05 Å². The SMILES string of the molecule is Cn1cc(-c2ccc(-c3cc4c(nn3)N([C@H]3CC5CC[C@H](C3)N5)CCO4)c(O)c2)cn1. The summed E-state index contributed by atoms with van der Waals surface area (Å²) < 4.78 is 7.70. The first-order valence-corrected chi connectivity index (χ1v) is 11.0. The van der Waals surface area contributed by atoms with Gasteiger partial charge in [0.25, 0.3) is 0 Å². The van der Waals surface area contributed by atoms with E-state index in [0.717, 1.165) is 42.1 Å². The van der Waals surface area contributed by atoms with Crippen LogP contribution in [0.15, 0.2) is 36.7 Å². The number of ether oxygens (including phenoxy) is 1. The zero-order chi connectivity index (χ0) is 20.9. The summed E-state index contributed by atoms with van der Waals surface area (Å²) in [6.45, 7) is 1.49. The molecule has 2 bridgehead atoms. The highest BCUT2D eigenvalue weighted by atomic mass is 16.5. The van der Waals surface area contributed by atoms with E-state index < -0.39 is 0 Å². The fraction of sp³-hybridized carbons (Fsp3) is 0.435. The van der Waals surface area contributed by atoms with Crippen molar-refractivity contribution in [3.8, 4) is 33.9 Å². The van der Waals surface area contributed by atoms with Crippen molar-refractivity contribution in [2.45, 2.75) is 43.8 Å². The maximum absolute atomic E-state index is 10.7. The van der Waals surface area contributed by atoms with Gasteiger partial charge < -0.3 is 20.1 Å². The molecule has 6 rings (SSSR count). The number of anilines is 1. The lowest BCUT2D eigenvalue weighted by Gasteiger charge is -2.40. The summed E-state index contributed by atoms with van der Waals surface area (Å²) in [6.07, 6.45) is 8.55. The van der Waals surface area contributed by atoms with Gasteiger partial charge in [-0.2, -0.15) is 5.10 Å². The van der Waals surface area contributed by atoms with Gasteiger partial charge in [-0.15, -0.1) is 10.2 Å².